The monoisotopic (exact) mass is 126 g/mol. The fourth-order valence-corrected chi connectivity index (χ4v) is 1.57. The minimum atomic E-state index is -0.511. The summed E-state index contributed by atoms with van der Waals surface area (Å²) in [5.41, 5.74) is 0. The molecule has 0 radical (unpaired) electrons. The minimum Gasteiger partial charge on any atom is -0.291 e. The van der Waals surface area contributed by atoms with Gasteiger partial charge in [0.15, 0.2) is 11.6 Å². The van der Waals surface area contributed by atoms with E-state index in [1.54, 1.807) is 0 Å². The molecule has 2 aliphatic carbocycles. The molecule has 9 heavy (non-hydrogen) atoms. The van der Waals surface area contributed by atoms with Gasteiger partial charge in [0, 0.05) is 5.92 Å². The van der Waals surface area contributed by atoms with Crippen molar-refractivity contribution in [3.05, 3.63) is 11.9 Å². The first-order valence-electron chi connectivity index (χ1n) is 3.13. The number of halogens is 1. The maximum Gasteiger partial charge on any atom is 0.194 e. The zero-order valence-corrected chi connectivity index (χ0v) is 5.10. The Morgan fingerprint density at radius 1 is 1.67 bits per heavy atom. The van der Waals surface area contributed by atoms with Gasteiger partial charge in [-0.15, -0.1) is 0 Å². The normalized spacial score (nSPS) is 46.7. The lowest BCUT2D eigenvalue weighted by Gasteiger charge is -1.88. The molecule has 0 unspecified atom stereocenters. The van der Waals surface area contributed by atoms with Crippen LogP contribution in [0.2, 0.25) is 0 Å². The number of ketones is 1. The van der Waals surface area contributed by atoms with Crippen molar-refractivity contribution < 1.29 is 9.18 Å². The Hall–Kier alpha value is -0.660. The lowest BCUT2D eigenvalue weighted by molar-refractivity contribution is -0.117. The Morgan fingerprint density at radius 2 is 2.33 bits per heavy atom. The minimum absolute atomic E-state index is 0.0185. The molecule has 2 aliphatic rings. The fourth-order valence-electron chi connectivity index (χ4n) is 1.57. The number of allylic oxidation sites excluding steroid dienone is 2. The first kappa shape index (κ1) is 5.15. The number of fused-ring (bicyclic) bond motifs is 1. The maximum atomic E-state index is 12.3. The molecule has 0 N–H and O–H groups in total. The van der Waals surface area contributed by atoms with Crippen LogP contribution in [-0.2, 0) is 4.79 Å². The molecule has 0 spiro atoms. The highest BCUT2D eigenvalue weighted by atomic mass is 19.1. The highest BCUT2D eigenvalue weighted by Crippen LogP contribution is 2.53. The van der Waals surface area contributed by atoms with E-state index >= 15 is 0 Å². The average Bonchev–Trinajstić information content (AvgIpc) is 2.29. The molecule has 1 fully saturated rings. The lowest BCUT2D eigenvalue weighted by atomic mass is 10.2. The smallest absolute Gasteiger partial charge is 0.194 e. The molecule has 48 valence electrons. The number of hydrogen-bond donors (Lipinski definition) is 0. The summed E-state index contributed by atoms with van der Waals surface area (Å²) in [4.78, 5) is 10.7. The van der Waals surface area contributed by atoms with Crippen LogP contribution >= 0.6 is 0 Å². The van der Waals surface area contributed by atoms with E-state index in [0.717, 1.165) is 0 Å². The van der Waals surface area contributed by atoms with Crippen LogP contribution in [0.5, 0.6) is 0 Å². The second-order valence-electron chi connectivity index (χ2n) is 2.84. The van der Waals surface area contributed by atoms with E-state index in [9.17, 15) is 9.18 Å². The molecule has 0 amide bonds. The van der Waals surface area contributed by atoms with Crippen LogP contribution in [0.15, 0.2) is 11.9 Å². The summed E-state index contributed by atoms with van der Waals surface area (Å²) in [5.74, 6) is -0.102. The van der Waals surface area contributed by atoms with Crippen molar-refractivity contribution in [3.8, 4) is 0 Å². The Morgan fingerprint density at radius 3 is 2.67 bits per heavy atom. The second-order valence-corrected chi connectivity index (χ2v) is 2.84. The number of rotatable bonds is 0. The van der Waals surface area contributed by atoms with Crippen molar-refractivity contribution in [2.24, 2.45) is 17.8 Å². The largest absolute Gasteiger partial charge is 0.291 e. The summed E-state index contributed by atoms with van der Waals surface area (Å²) >= 11 is 0. The Balaban J connectivity index is 2.31. The zero-order chi connectivity index (χ0) is 6.59. The quantitative estimate of drug-likeness (QED) is 0.478. The summed E-state index contributed by atoms with van der Waals surface area (Å²) in [7, 11) is 0. The average molecular weight is 126 g/mol. The van der Waals surface area contributed by atoms with Gasteiger partial charge in [-0.3, -0.25) is 4.79 Å². The first-order valence-corrected chi connectivity index (χ1v) is 3.13. The van der Waals surface area contributed by atoms with Crippen LogP contribution in [0.4, 0.5) is 4.39 Å². The van der Waals surface area contributed by atoms with E-state index in [1.165, 1.54) is 6.08 Å². The number of carbonyl (C=O) groups is 1. The number of hydrogen-bond acceptors (Lipinski definition) is 1. The van der Waals surface area contributed by atoms with E-state index in [1.807, 2.05) is 6.92 Å². The van der Waals surface area contributed by atoms with Gasteiger partial charge in [-0.2, -0.15) is 0 Å². The predicted molar refractivity (Wildman–Crippen MR) is 30.3 cm³/mol. The third kappa shape index (κ3) is 0.460. The highest BCUT2D eigenvalue weighted by Gasteiger charge is 2.55. The van der Waals surface area contributed by atoms with Gasteiger partial charge in [0.25, 0.3) is 0 Å². The van der Waals surface area contributed by atoms with Crippen LogP contribution in [0.1, 0.15) is 6.92 Å². The van der Waals surface area contributed by atoms with Gasteiger partial charge in [0.2, 0.25) is 0 Å². The van der Waals surface area contributed by atoms with Gasteiger partial charge in [-0.05, 0) is 17.9 Å². The van der Waals surface area contributed by atoms with Crippen molar-refractivity contribution in [2.45, 2.75) is 6.92 Å². The van der Waals surface area contributed by atoms with Gasteiger partial charge < -0.3 is 0 Å². The first-order chi connectivity index (χ1) is 4.22. The second kappa shape index (κ2) is 1.25. The van der Waals surface area contributed by atoms with Crippen molar-refractivity contribution in [3.63, 3.8) is 0 Å². The summed E-state index contributed by atoms with van der Waals surface area (Å²) in [6, 6.07) is 0. The molecule has 2 rings (SSSR count). The molecule has 3 atom stereocenters. The topological polar surface area (TPSA) is 17.1 Å². The van der Waals surface area contributed by atoms with Crippen molar-refractivity contribution >= 4 is 5.78 Å². The zero-order valence-electron chi connectivity index (χ0n) is 5.10. The molecular formula is C7H7FO. The molecule has 0 heterocycles. The molecular weight excluding hydrogens is 119 g/mol. The Labute approximate surface area is 52.6 Å². The Kier molecular flexibility index (Phi) is 0.718. The van der Waals surface area contributed by atoms with E-state index in [4.69, 9.17) is 0 Å². The van der Waals surface area contributed by atoms with E-state index in [-0.39, 0.29) is 17.6 Å². The molecule has 0 aromatic rings. The number of carbonyl (C=O) groups excluding carboxylic acids is 1. The van der Waals surface area contributed by atoms with Crippen LogP contribution < -0.4 is 0 Å². The maximum absolute atomic E-state index is 12.3. The van der Waals surface area contributed by atoms with E-state index in [2.05, 4.69) is 0 Å². The van der Waals surface area contributed by atoms with Crippen molar-refractivity contribution in [1.29, 1.82) is 0 Å². The van der Waals surface area contributed by atoms with Crippen LogP contribution in [0.3, 0.4) is 0 Å². The standard InChI is InChI=1S/C7H7FO/c1-3-4-2-5(8)7(9)6(3)4/h2-4,6H,1H3/t3-,4-,6+/m0/s1. The summed E-state index contributed by atoms with van der Waals surface area (Å²) in [6.45, 7) is 1.98. The molecule has 1 saturated carbocycles. The number of Topliss-reactive ketones (excluding diaryl/α,β-unsaturated/α-hetero) is 1. The van der Waals surface area contributed by atoms with Crippen LogP contribution in [0, 0.1) is 17.8 Å². The van der Waals surface area contributed by atoms with Gasteiger partial charge >= 0.3 is 0 Å². The highest BCUT2D eigenvalue weighted by molar-refractivity contribution is 6.00. The third-order valence-electron chi connectivity index (χ3n) is 2.32. The molecule has 0 aromatic carbocycles. The van der Waals surface area contributed by atoms with Gasteiger partial charge in [0.1, 0.15) is 0 Å². The molecule has 0 aromatic heterocycles. The van der Waals surface area contributed by atoms with Gasteiger partial charge in [0.05, 0.1) is 0 Å². The van der Waals surface area contributed by atoms with E-state index < -0.39 is 5.83 Å². The molecule has 0 saturated heterocycles. The third-order valence-corrected chi connectivity index (χ3v) is 2.32. The van der Waals surface area contributed by atoms with Gasteiger partial charge in [-0.1, -0.05) is 6.92 Å². The van der Waals surface area contributed by atoms with E-state index in [0.29, 0.717) is 5.92 Å². The molecule has 0 bridgehead atoms. The summed E-state index contributed by atoms with van der Waals surface area (Å²) < 4.78 is 12.3. The molecule has 1 nitrogen and oxygen atoms in total. The van der Waals surface area contributed by atoms with Crippen molar-refractivity contribution in [1.82, 2.24) is 0 Å². The van der Waals surface area contributed by atoms with Crippen LogP contribution in [-0.4, -0.2) is 5.78 Å². The molecule has 2 heteroatoms. The van der Waals surface area contributed by atoms with Gasteiger partial charge in [-0.25, -0.2) is 4.39 Å². The fraction of sp³-hybridized carbons (Fsp3) is 0.571. The Bertz CT molecular complexity index is 207. The summed E-state index contributed by atoms with van der Waals surface area (Å²) in [5, 5.41) is 0. The van der Waals surface area contributed by atoms with Crippen LogP contribution in [0.25, 0.3) is 0 Å². The SMILES string of the molecule is C[C@H]1[C@@H]2C=C(F)C(=O)[C@H]12. The predicted octanol–water partition coefficient (Wildman–Crippen LogP) is 1.30. The lowest BCUT2D eigenvalue weighted by Crippen LogP contribution is -1.98. The molecule has 0 aliphatic heterocycles. The van der Waals surface area contributed by atoms with Crippen molar-refractivity contribution in [2.75, 3.05) is 0 Å². The summed E-state index contributed by atoms with van der Waals surface area (Å²) in [6.07, 6.45) is 1.46.